The Hall–Kier alpha value is -1.98. The molecule has 128 valence electrons. The van der Waals surface area contributed by atoms with Crippen molar-refractivity contribution in [3.05, 3.63) is 28.3 Å². The van der Waals surface area contributed by atoms with Gasteiger partial charge in [-0.2, -0.15) is 18.4 Å². The number of hydrogen-bond acceptors (Lipinski definition) is 3. The third-order valence-corrected chi connectivity index (χ3v) is 5.12. The Kier molecular flexibility index (Phi) is 3.89. The van der Waals surface area contributed by atoms with Crippen molar-refractivity contribution < 1.29 is 18.0 Å². The van der Waals surface area contributed by atoms with Crippen LogP contribution in [0.15, 0.2) is 12.1 Å². The van der Waals surface area contributed by atoms with E-state index < -0.39 is 30.3 Å². The molecule has 0 aromatic heterocycles. The summed E-state index contributed by atoms with van der Waals surface area (Å²) < 4.78 is 41.1. The quantitative estimate of drug-likeness (QED) is 0.839. The Morgan fingerprint density at radius 2 is 2.08 bits per heavy atom. The van der Waals surface area contributed by atoms with Crippen molar-refractivity contribution in [3.63, 3.8) is 0 Å². The van der Waals surface area contributed by atoms with E-state index in [4.69, 9.17) is 22.6 Å². The largest absolute Gasteiger partial charge is 0.411 e. The highest BCUT2D eigenvalue weighted by Crippen LogP contribution is 2.44. The third kappa shape index (κ3) is 2.31. The van der Waals surface area contributed by atoms with Crippen LogP contribution in [0.4, 0.5) is 23.7 Å². The van der Waals surface area contributed by atoms with Crippen LogP contribution in [0.3, 0.4) is 0 Å². The van der Waals surface area contributed by atoms with Crippen LogP contribution in [-0.2, 0) is 0 Å². The molecule has 0 aliphatic carbocycles. The molecule has 24 heavy (non-hydrogen) atoms. The van der Waals surface area contributed by atoms with E-state index in [1.165, 1.54) is 24.0 Å². The van der Waals surface area contributed by atoms with Crippen LogP contribution in [0.5, 0.6) is 0 Å². The number of carbonyl (C=O) groups is 1. The van der Waals surface area contributed by atoms with Crippen molar-refractivity contribution in [1.82, 2.24) is 4.90 Å². The lowest BCUT2D eigenvalue weighted by atomic mass is 10.00. The van der Waals surface area contributed by atoms with Crippen LogP contribution in [-0.4, -0.2) is 41.8 Å². The first-order valence-electron chi connectivity index (χ1n) is 7.29. The van der Waals surface area contributed by atoms with Crippen LogP contribution in [0.25, 0.3) is 0 Å². The van der Waals surface area contributed by atoms with Gasteiger partial charge >= 0.3 is 12.2 Å². The number of fused-ring (bicyclic) bond motifs is 1. The number of amides is 2. The van der Waals surface area contributed by atoms with E-state index in [0.29, 0.717) is 11.3 Å². The minimum atomic E-state index is -4.64. The molecule has 5 nitrogen and oxygen atoms in total. The number of halogens is 4. The minimum absolute atomic E-state index is 0.0417. The fourth-order valence-electron chi connectivity index (χ4n) is 3.49. The first kappa shape index (κ1) is 16.9. The summed E-state index contributed by atoms with van der Waals surface area (Å²) in [4.78, 5) is 14.5. The van der Waals surface area contributed by atoms with E-state index in [1.54, 1.807) is 0 Å². The van der Waals surface area contributed by atoms with Crippen LogP contribution in [0.2, 0.25) is 5.02 Å². The Morgan fingerprint density at radius 3 is 2.67 bits per heavy atom. The van der Waals surface area contributed by atoms with Gasteiger partial charge in [0.2, 0.25) is 0 Å². The zero-order chi connectivity index (χ0) is 17.8. The smallest absolute Gasteiger partial charge is 0.326 e. The Morgan fingerprint density at radius 1 is 1.42 bits per heavy atom. The highest BCUT2D eigenvalue weighted by Gasteiger charge is 2.62. The van der Waals surface area contributed by atoms with E-state index in [0.717, 1.165) is 0 Å². The maximum atomic E-state index is 13.7. The molecule has 9 heteroatoms. The van der Waals surface area contributed by atoms with Crippen LogP contribution in [0, 0.1) is 18.3 Å². The van der Waals surface area contributed by atoms with Gasteiger partial charge in [-0.3, -0.25) is 4.90 Å². The SMILES string of the molecule is Cc1c(N2C(=O)N3CC[C@H](N)[C@H]3[C@H]2C(F)(F)F)ccc(C#N)c1Cl. The molecule has 2 aliphatic rings. The van der Waals surface area contributed by atoms with Crippen LogP contribution in [0.1, 0.15) is 17.5 Å². The summed E-state index contributed by atoms with van der Waals surface area (Å²) >= 11 is 6.06. The van der Waals surface area contributed by atoms with Gasteiger partial charge in [0.05, 0.1) is 22.3 Å². The van der Waals surface area contributed by atoms with Gasteiger partial charge in [-0.05, 0) is 31.0 Å². The molecular weight excluding hydrogens is 345 g/mol. The van der Waals surface area contributed by atoms with Gasteiger partial charge in [-0.25, -0.2) is 4.79 Å². The van der Waals surface area contributed by atoms with Crippen molar-refractivity contribution in [3.8, 4) is 6.07 Å². The second-order valence-electron chi connectivity index (χ2n) is 5.96. The average molecular weight is 359 g/mol. The summed E-state index contributed by atoms with van der Waals surface area (Å²) in [6.45, 7) is 1.68. The highest BCUT2D eigenvalue weighted by atomic mass is 35.5. The molecule has 0 bridgehead atoms. The summed E-state index contributed by atoms with van der Waals surface area (Å²) in [6.07, 6.45) is -4.30. The molecule has 2 saturated heterocycles. The molecule has 2 amide bonds. The van der Waals surface area contributed by atoms with E-state index in [9.17, 15) is 18.0 Å². The van der Waals surface area contributed by atoms with Crippen molar-refractivity contribution >= 4 is 23.3 Å². The van der Waals surface area contributed by atoms with E-state index in [2.05, 4.69) is 0 Å². The molecule has 1 aromatic carbocycles. The maximum absolute atomic E-state index is 13.7. The zero-order valence-electron chi connectivity index (χ0n) is 12.6. The summed E-state index contributed by atoms with van der Waals surface area (Å²) in [7, 11) is 0. The molecular formula is C15H14ClF3N4O. The minimum Gasteiger partial charge on any atom is -0.326 e. The maximum Gasteiger partial charge on any atom is 0.411 e. The van der Waals surface area contributed by atoms with Crippen molar-refractivity contribution in [1.29, 1.82) is 5.26 Å². The number of hydrogen-bond donors (Lipinski definition) is 1. The number of nitriles is 1. The zero-order valence-corrected chi connectivity index (χ0v) is 13.4. The Labute approximate surface area is 141 Å². The predicted molar refractivity (Wildman–Crippen MR) is 81.7 cm³/mol. The standard InChI is InChI=1S/C15H14ClF3N4O/c1-7-10(3-2-8(6-20)11(7)16)23-13(15(17,18)19)12-9(21)4-5-22(12)14(23)24/h2-3,9,12-13H,4-5,21H2,1H3/t9-,12-,13-/m0/s1. The summed E-state index contributed by atoms with van der Waals surface area (Å²) in [5.41, 5.74) is 6.28. The molecule has 2 fully saturated rings. The van der Waals surface area contributed by atoms with Gasteiger partial charge in [-0.1, -0.05) is 11.6 Å². The fraction of sp³-hybridized carbons (Fsp3) is 0.467. The van der Waals surface area contributed by atoms with Crippen molar-refractivity contribution in [2.45, 2.75) is 37.6 Å². The van der Waals surface area contributed by atoms with Crippen molar-refractivity contribution in [2.75, 3.05) is 11.4 Å². The average Bonchev–Trinajstić information content (AvgIpc) is 3.01. The first-order valence-corrected chi connectivity index (χ1v) is 7.67. The number of anilines is 1. The van der Waals surface area contributed by atoms with Crippen molar-refractivity contribution in [2.24, 2.45) is 5.73 Å². The molecule has 1 aromatic rings. The first-order chi connectivity index (χ1) is 11.2. The molecule has 0 radical (unpaired) electrons. The normalized spacial score (nSPS) is 26.7. The van der Waals surface area contributed by atoms with Crippen LogP contribution >= 0.6 is 11.6 Å². The number of urea groups is 1. The summed E-state index contributed by atoms with van der Waals surface area (Å²) in [5, 5.41) is 9.02. The molecule has 2 aliphatic heterocycles. The molecule has 0 spiro atoms. The molecule has 3 rings (SSSR count). The highest BCUT2D eigenvalue weighted by molar-refractivity contribution is 6.33. The molecule has 3 atom stereocenters. The lowest BCUT2D eigenvalue weighted by molar-refractivity contribution is -0.152. The van der Waals surface area contributed by atoms with Gasteiger partial charge in [-0.15, -0.1) is 0 Å². The van der Waals surface area contributed by atoms with Gasteiger partial charge in [0.25, 0.3) is 0 Å². The number of carbonyl (C=O) groups excluding carboxylic acids is 1. The molecule has 2 heterocycles. The summed E-state index contributed by atoms with van der Waals surface area (Å²) in [6, 6.07) is -0.126. The Balaban J connectivity index is 2.14. The van der Waals surface area contributed by atoms with E-state index >= 15 is 0 Å². The second kappa shape index (κ2) is 5.53. The fourth-order valence-corrected chi connectivity index (χ4v) is 3.69. The lowest BCUT2D eigenvalue weighted by Gasteiger charge is -2.30. The number of alkyl halides is 3. The number of benzene rings is 1. The molecule has 0 unspecified atom stereocenters. The topological polar surface area (TPSA) is 73.4 Å². The van der Waals surface area contributed by atoms with Gasteiger partial charge < -0.3 is 10.6 Å². The number of rotatable bonds is 1. The number of nitrogens with two attached hydrogens (primary N) is 1. The van der Waals surface area contributed by atoms with E-state index in [-0.39, 0.29) is 28.4 Å². The third-order valence-electron chi connectivity index (χ3n) is 4.63. The van der Waals surface area contributed by atoms with Crippen LogP contribution < -0.4 is 10.6 Å². The Bertz CT molecular complexity index is 745. The van der Waals surface area contributed by atoms with E-state index in [1.807, 2.05) is 6.07 Å². The number of nitrogens with zero attached hydrogens (tertiary/aromatic N) is 3. The predicted octanol–water partition coefficient (Wildman–Crippen LogP) is 2.79. The second-order valence-corrected chi connectivity index (χ2v) is 6.34. The molecule has 2 N–H and O–H groups in total. The van der Waals surface area contributed by atoms with Gasteiger partial charge in [0, 0.05) is 12.6 Å². The monoisotopic (exact) mass is 358 g/mol. The van der Waals surface area contributed by atoms with Gasteiger partial charge in [0.1, 0.15) is 6.07 Å². The lowest BCUT2D eigenvalue weighted by Crippen LogP contribution is -2.53. The van der Waals surface area contributed by atoms with Gasteiger partial charge in [0.15, 0.2) is 6.04 Å². The molecule has 0 saturated carbocycles. The summed E-state index contributed by atoms with van der Waals surface area (Å²) in [5.74, 6) is 0.